The maximum atomic E-state index is 11.4. The maximum Gasteiger partial charge on any atom is 0.223 e. The number of benzene rings is 1. The number of nitrogens with one attached hydrogen (secondary N) is 1. The Bertz CT molecular complexity index is 538. The van der Waals surface area contributed by atoms with Crippen molar-refractivity contribution < 1.29 is 4.79 Å². The molecule has 1 heterocycles. The molecular formula is C16H22N4O. The van der Waals surface area contributed by atoms with Crippen LogP contribution in [0.5, 0.6) is 0 Å². The highest BCUT2D eigenvalue weighted by molar-refractivity contribution is 5.98. The maximum absolute atomic E-state index is 11.4. The van der Waals surface area contributed by atoms with Gasteiger partial charge in [-0.25, -0.2) is 4.99 Å². The lowest BCUT2D eigenvalue weighted by atomic mass is 10.1. The first-order valence-electron chi connectivity index (χ1n) is 7.20. The number of hydrogen-bond acceptors (Lipinski definition) is 4. The number of rotatable bonds is 5. The lowest BCUT2D eigenvalue weighted by molar-refractivity contribution is -0.117. The minimum absolute atomic E-state index is 0.126. The van der Waals surface area contributed by atoms with Crippen molar-refractivity contribution in [3.8, 4) is 0 Å². The van der Waals surface area contributed by atoms with Gasteiger partial charge >= 0.3 is 0 Å². The highest BCUT2D eigenvalue weighted by Crippen LogP contribution is 2.32. The second kappa shape index (κ2) is 7.04. The number of nitrogens with two attached hydrogens (primary N) is 1. The van der Waals surface area contributed by atoms with E-state index in [4.69, 9.17) is 5.73 Å². The Hall–Kier alpha value is -2.14. The van der Waals surface area contributed by atoms with Gasteiger partial charge in [-0.1, -0.05) is 36.9 Å². The Morgan fingerprint density at radius 1 is 1.38 bits per heavy atom. The molecule has 1 atom stereocenters. The number of carbonyl (C=O) groups is 1. The van der Waals surface area contributed by atoms with E-state index in [2.05, 4.69) is 16.9 Å². The lowest BCUT2D eigenvalue weighted by Crippen LogP contribution is -2.40. The number of unbranched alkanes of at least 4 members (excludes halogenated alkanes) is 1. The number of nitrogens with zero attached hydrogens (tertiary/aromatic N) is 2. The van der Waals surface area contributed by atoms with E-state index >= 15 is 0 Å². The van der Waals surface area contributed by atoms with Gasteiger partial charge in [0.25, 0.3) is 0 Å². The van der Waals surface area contributed by atoms with Gasteiger partial charge in [0, 0.05) is 19.2 Å². The Balaban J connectivity index is 2.19. The molecule has 21 heavy (non-hydrogen) atoms. The van der Waals surface area contributed by atoms with Gasteiger partial charge in [0.15, 0.2) is 0 Å². The van der Waals surface area contributed by atoms with Crippen molar-refractivity contribution in [1.29, 1.82) is 0 Å². The molecule has 0 saturated heterocycles. The average molecular weight is 286 g/mol. The summed E-state index contributed by atoms with van der Waals surface area (Å²) in [5, 5.41) is 2.79. The number of guanidine groups is 1. The summed E-state index contributed by atoms with van der Waals surface area (Å²) in [6.07, 6.45) is 1.88. The summed E-state index contributed by atoms with van der Waals surface area (Å²) in [5.41, 5.74) is 7.51. The molecule has 0 fully saturated rings. The zero-order valence-electron chi connectivity index (χ0n) is 12.4. The van der Waals surface area contributed by atoms with Gasteiger partial charge < -0.3 is 10.6 Å². The van der Waals surface area contributed by atoms with E-state index in [-0.39, 0.29) is 11.9 Å². The molecule has 0 saturated carbocycles. The molecule has 5 heteroatoms. The van der Waals surface area contributed by atoms with Gasteiger partial charge in [-0.05, 0) is 24.9 Å². The molecule has 0 aliphatic carbocycles. The lowest BCUT2D eigenvalue weighted by Gasteiger charge is -2.22. The molecule has 1 aliphatic rings. The van der Waals surface area contributed by atoms with Crippen LogP contribution < -0.4 is 11.1 Å². The molecule has 0 aromatic heterocycles. The van der Waals surface area contributed by atoms with E-state index in [1.807, 2.05) is 35.2 Å². The van der Waals surface area contributed by atoms with Crippen LogP contribution in [0.15, 0.2) is 47.6 Å². The summed E-state index contributed by atoms with van der Waals surface area (Å²) in [6.45, 7) is 7.07. The van der Waals surface area contributed by atoms with Crippen LogP contribution >= 0.6 is 0 Å². The first kappa shape index (κ1) is 15.3. The van der Waals surface area contributed by atoms with E-state index in [0.717, 1.165) is 30.6 Å². The van der Waals surface area contributed by atoms with Gasteiger partial charge in [0.1, 0.15) is 6.04 Å². The molecule has 1 amide bonds. The van der Waals surface area contributed by atoms with Crippen molar-refractivity contribution in [3.05, 3.63) is 48.2 Å². The third-order valence-electron chi connectivity index (χ3n) is 3.41. The van der Waals surface area contributed by atoms with Crippen LogP contribution in [-0.4, -0.2) is 29.9 Å². The molecule has 0 radical (unpaired) electrons. The largest absolute Gasteiger partial charge is 0.330 e. The monoisotopic (exact) mass is 286 g/mol. The molecule has 112 valence electrons. The summed E-state index contributed by atoms with van der Waals surface area (Å²) < 4.78 is 0. The van der Waals surface area contributed by atoms with Gasteiger partial charge in [-0.2, -0.15) is 0 Å². The molecule has 5 nitrogen and oxygen atoms in total. The molecule has 1 aromatic rings. The van der Waals surface area contributed by atoms with E-state index in [9.17, 15) is 4.79 Å². The average Bonchev–Trinajstić information content (AvgIpc) is 2.77. The standard InChI is InChI=1S/C16H22N4O/c1-12-15(14-8-4-3-5-9-14)19-16(18-13(2)21)20(12)11-7-6-10-17/h3-5,8-9,15H,1,6-7,10-11,17H2,2H3,(H,18,19,21). The summed E-state index contributed by atoms with van der Waals surface area (Å²) in [4.78, 5) is 18.0. The Kier molecular flexibility index (Phi) is 5.11. The molecule has 3 N–H and O–H groups in total. The number of carbonyl (C=O) groups excluding carboxylic acids is 1. The van der Waals surface area contributed by atoms with E-state index < -0.39 is 0 Å². The summed E-state index contributed by atoms with van der Waals surface area (Å²) in [6, 6.07) is 9.84. The number of amides is 1. The molecule has 0 spiro atoms. The summed E-state index contributed by atoms with van der Waals surface area (Å²) >= 11 is 0. The fourth-order valence-electron chi connectivity index (χ4n) is 2.37. The Morgan fingerprint density at radius 2 is 2.10 bits per heavy atom. The third-order valence-corrected chi connectivity index (χ3v) is 3.41. The first-order valence-corrected chi connectivity index (χ1v) is 7.20. The van der Waals surface area contributed by atoms with Crippen LogP contribution in [0.25, 0.3) is 0 Å². The highest BCUT2D eigenvalue weighted by Gasteiger charge is 2.30. The minimum atomic E-state index is -0.133. The smallest absolute Gasteiger partial charge is 0.223 e. The first-order chi connectivity index (χ1) is 10.1. The van der Waals surface area contributed by atoms with Crippen LogP contribution in [0.4, 0.5) is 0 Å². The van der Waals surface area contributed by atoms with E-state index in [1.165, 1.54) is 6.92 Å². The molecule has 0 bridgehead atoms. The quantitative estimate of drug-likeness (QED) is 0.811. The van der Waals surface area contributed by atoms with Gasteiger partial charge in [0.05, 0.1) is 0 Å². The molecule has 1 aliphatic heterocycles. The Labute approximate surface area is 125 Å². The van der Waals surface area contributed by atoms with Crippen molar-refractivity contribution in [2.45, 2.75) is 25.8 Å². The van der Waals surface area contributed by atoms with Crippen LogP contribution in [0.1, 0.15) is 31.4 Å². The van der Waals surface area contributed by atoms with Crippen LogP contribution in [-0.2, 0) is 4.79 Å². The fraction of sp³-hybridized carbons (Fsp3) is 0.375. The second-order valence-corrected chi connectivity index (χ2v) is 5.09. The SMILES string of the molecule is C=C1C(c2ccccc2)N=C(NC(C)=O)N1CCCCN. The predicted octanol–water partition coefficient (Wildman–Crippen LogP) is 1.79. The third kappa shape index (κ3) is 3.70. The highest BCUT2D eigenvalue weighted by atomic mass is 16.1. The molecular weight excluding hydrogens is 264 g/mol. The number of aliphatic imine (C=N–C) groups is 1. The van der Waals surface area contributed by atoms with Crippen molar-refractivity contribution in [2.75, 3.05) is 13.1 Å². The summed E-state index contributed by atoms with van der Waals surface area (Å²) in [7, 11) is 0. The van der Waals surface area contributed by atoms with Crippen LogP contribution in [0.2, 0.25) is 0 Å². The Morgan fingerprint density at radius 3 is 2.71 bits per heavy atom. The predicted molar refractivity (Wildman–Crippen MR) is 84.6 cm³/mol. The van der Waals surface area contributed by atoms with E-state index in [0.29, 0.717) is 12.5 Å². The van der Waals surface area contributed by atoms with Gasteiger partial charge in [-0.15, -0.1) is 0 Å². The van der Waals surface area contributed by atoms with Crippen molar-refractivity contribution in [2.24, 2.45) is 10.7 Å². The molecule has 1 unspecified atom stereocenters. The zero-order valence-corrected chi connectivity index (χ0v) is 12.4. The van der Waals surface area contributed by atoms with E-state index in [1.54, 1.807) is 0 Å². The minimum Gasteiger partial charge on any atom is -0.330 e. The number of hydrogen-bond donors (Lipinski definition) is 2. The zero-order chi connectivity index (χ0) is 15.2. The van der Waals surface area contributed by atoms with Crippen molar-refractivity contribution in [3.63, 3.8) is 0 Å². The fourth-order valence-corrected chi connectivity index (χ4v) is 2.37. The normalized spacial score (nSPS) is 17.8. The molecule has 2 rings (SSSR count). The topological polar surface area (TPSA) is 70.7 Å². The van der Waals surface area contributed by atoms with Crippen molar-refractivity contribution in [1.82, 2.24) is 10.2 Å². The van der Waals surface area contributed by atoms with Crippen LogP contribution in [0.3, 0.4) is 0 Å². The second-order valence-electron chi connectivity index (χ2n) is 5.09. The van der Waals surface area contributed by atoms with Crippen molar-refractivity contribution >= 4 is 11.9 Å². The van der Waals surface area contributed by atoms with Gasteiger partial charge in [0.2, 0.25) is 11.9 Å². The van der Waals surface area contributed by atoms with Crippen LogP contribution in [0, 0.1) is 0 Å². The van der Waals surface area contributed by atoms with Gasteiger partial charge in [-0.3, -0.25) is 10.1 Å². The summed E-state index contributed by atoms with van der Waals surface area (Å²) in [5.74, 6) is 0.456. The molecule has 1 aromatic carbocycles.